The number of hydrogen-bond donors (Lipinski definition) is 0. The van der Waals surface area contributed by atoms with Crippen molar-refractivity contribution in [3.05, 3.63) is 188 Å². The first-order chi connectivity index (χ1) is 27.8. The third-order valence-electron chi connectivity index (χ3n) is 10.5. The Hall–Kier alpha value is -7.28. The van der Waals surface area contributed by atoms with E-state index >= 15 is 0 Å². The van der Waals surface area contributed by atoms with E-state index in [0.29, 0.717) is 17.5 Å². The molecule has 0 unspecified atom stereocenters. The van der Waals surface area contributed by atoms with E-state index in [-0.39, 0.29) is 0 Å². The minimum Gasteiger partial charge on any atom is -0.309 e. The van der Waals surface area contributed by atoms with Gasteiger partial charge in [0.2, 0.25) is 0 Å². The molecule has 0 fully saturated rings. The molecular formula is C50H31N5S. The van der Waals surface area contributed by atoms with Crippen LogP contribution in [-0.4, -0.2) is 24.5 Å². The van der Waals surface area contributed by atoms with E-state index in [2.05, 4.69) is 132 Å². The highest BCUT2D eigenvalue weighted by molar-refractivity contribution is 7.21. The summed E-state index contributed by atoms with van der Waals surface area (Å²) in [6.07, 6.45) is 0. The SMILES string of the molecule is c1ccc(-c2nc(-c3ccccc3)nc(-c3ccc(-c4ccc(-n5c6ccccc6c6c(-c7nc8ccccc8s7)cccc65)c5ccccc45)cc3)n2)cc1. The van der Waals surface area contributed by atoms with E-state index in [0.717, 1.165) is 55.1 Å². The molecule has 0 aliphatic heterocycles. The second-order valence-electron chi connectivity index (χ2n) is 13.8. The lowest BCUT2D eigenvalue weighted by atomic mass is 9.96. The van der Waals surface area contributed by atoms with Crippen LogP contribution in [-0.2, 0) is 0 Å². The highest BCUT2D eigenvalue weighted by Crippen LogP contribution is 2.43. The van der Waals surface area contributed by atoms with Gasteiger partial charge in [0.05, 0.1) is 26.9 Å². The number of fused-ring (bicyclic) bond motifs is 5. The molecule has 0 N–H and O–H groups in total. The zero-order valence-electron chi connectivity index (χ0n) is 30.0. The maximum atomic E-state index is 5.08. The molecule has 0 atom stereocenters. The van der Waals surface area contributed by atoms with Gasteiger partial charge in [0, 0.05) is 38.4 Å². The van der Waals surface area contributed by atoms with Gasteiger partial charge in [-0.25, -0.2) is 19.9 Å². The van der Waals surface area contributed by atoms with Crippen LogP contribution in [0.25, 0.3) is 104 Å². The molecule has 0 saturated heterocycles. The summed E-state index contributed by atoms with van der Waals surface area (Å²) in [7, 11) is 0. The monoisotopic (exact) mass is 733 g/mol. The van der Waals surface area contributed by atoms with Crippen LogP contribution in [0.5, 0.6) is 0 Å². The second kappa shape index (κ2) is 13.2. The summed E-state index contributed by atoms with van der Waals surface area (Å²) in [5.74, 6) is 1.94. The fourth-order valence-corrected chi connectivity index (χ4v) is 8.91. The second-order valence-corrected chi connectivity index (χ2v) is 14.9. The average molecular weight is 734 g/mol. The van der Waals surface area contributed by atoms with E-state index in [1.54, 1.807) is 11.3 Å². The van der Waals surface area contributed by atoms with Gasteiger partial charge in [0.25, 0.3) is 0 Å². The first-order valence-electron chi connectivity index (χ1n) is 18.6. The molecule has 0 bridgehead atoms. The summed E-state index contributed by atoms with van der Waals surface area (Å²) >= 11 is 1.75. The minimum absolute atomic E-state index is 0.640. The van der Waals surface area contributed by atoms with Gasteiger partial charge in [-0.2, -0.15) is 0 Å². The third kappa shape index (κ3) is 5.38. The van der Waals surface area contributed by atoms with E-state index < -0.39 is 0 Å². The molecule has 0 amide bonds. The predicted molar refractivity (Wildman–Crippen MR) is 232 cm³/mol. The van der Waals surface area contributed by atoms with Gasteiger partial charge in [0.1, 0.15) is 5.01 Å². The molecule has 0 aliphatic carbocycles. The molecular weight excluding hydrogens is 703 g/mol. The fourth-order valence-electron chi connectivity index (χ4n) is 7.91. The maximum absolute atomic E-state index is 5.08. The summed E-state index contributed by atoms with van der Waals surface area (Å²) in [4.78, 5) is 19.8. The van der Waals surface area contributed by atoms with Crippen LogP contribution in [0.15, 0.2) is 188 Å². The highest BCUT2D eigenvalue weighted by Gasteiger charge is 2.20. The van der Waals surface area contributed by atoms with Crippen LogP contribution in [0.4, 0.5) is 0 Å². The Kier molecular flexibility index (Phi) is 7.60. The smallest absolute Gasteiger partial charge is 0.164 e. The van der Waals surface area contributed by atoms with Gasteiger partial charge in [0.15, 0.2) is 17.5 Å². The molecule has 8 aromatic carbocycles. The lowest BCUT2D eigenvalue weighted by Gasteiger charge is -2.15. The minimum atomic E-state index is 0.640. The number of aromatic nitrogens is 5. The molecule has 3 aromatic heterocycles. The highest BCUT2D eigenvalue weighted by atomic mass is 32.1. The summed E-state index contributed by atoms with van der Waals surface area (Å²) in [6, 6.07) is 65.7. The zero-order valence-corrected chi connectivity index (χ0v) is 30.9. The van der Waals surface area contributed by atoms with Crippen molar-refractivity contribution in [2.24, 2.45) is 0 Å². The Balaban J connectivity index is 1.03. The molecule has 3 heterocycles. The van der Waals surface area contributed by atoms with Crippen molar-refractivity contribution in [2.75, 3.05) is 0 Å². The van der Waals surface area contributed by atoms with Crippen molar-refractivity contribution in [1.29, 1.82) is 0 Å². The molecule has 5 nitrogen and oxygen atoms in total. The molecule has 11 aromatic rings. The number of nitrogens with zero attached hydrogens (tertiary/aromatic N) is 5. The van der Waals surface area contributed by atoms with Crippen molar-refractivity contribution in [2.45, 2.75) is 0 Å². The quantitative estimate of drug-likeness (QED) is 0.171. The third-order valence-corrected chi connectivity index (χ3v) is 11.6. The lowest BCUT2D eigenvalue weighted by molar-refractivity contribution is 1.07. The standard InChI is InChI=1S/C50H31N5S/c1-3-14-33(15-4-1)47-52-48(34-16-5-2-6-17-34)54-49(53-47)35-28-26-32(27-29-35)36-30-31-43(38-19-8-7-18-37(36)38)55-42-23-11-9-20-39(42)46-40(21-13-24-44(46)55)50-51-41-22-10-12-25-45(41)56-50/h1-31H. The number of thiazole rings is 1. The van der Waals surface area contributed by atoms with Crippen molar-refractivity contribution in [1.82, 2.24) is 24.5 Å². The van der Waals surface area contributed by atoms with Crippen molar-refractivity contribution in [3.63, 3.8) is 0 Å². The predicted octanol–water partition coefficient (Wildman–Crippen LogP) is 13.1. The molecule has 11 rings (SSSR count). The summed E-state index contributed by atoms with van der Waals surface area (Å²) < 4.78 is 3.62. The number of rotatable bonds is 6. The Morgan fingerprint density at radius 2 is 0.911 bits per heavy atom. The largest absolute Gasteiger partial charge is 0.309 e. The summed E-state index contributed by atoms with van der Waals surface area (Å²) in [5.41, 5.74) is 10.8. The topological polar surface area (TPSA) is 56.5 Å². The first kappa shape index (κ1) is 32.2. The van der Waals surface area contributed by atoms with E-state index in [9.17, 15) is 0 Å². The molecule has 0 saturated carbocycles. The van der Waals surface area contributed by atoms with Gasteiger partial charge in [-0.1, -0.05) is 158 Å². The van der Waals surface area contributed by atoms with Gasteiger partial charge in [-0.05, 0) is 46.8 Å². The molecule has 56 heavy (non-hydrogen) atoms. The van der Waals surface area contributed by atoms with Gasteiger partial charge >= 0.3 is 0 Å². The van der Waals surface area contributed by atoms with Crippen LogP contribution >= 0.6 is 11.3 Å². The van der Waals surface area contributed by atoms with Crippen LogP contribution in [0.3, 0.4) is 0 Å². The van der Waals surface area contributed by atoms with Gasteiger partial charge < -0.3 is 4.57 Å². The van der Waals surface area contributed by atoms with Crippen LogP contribution in [0, 0.1) is 0 Å². The van der Waals surface area contributed by atoms with Crippen LogP contribution < -0.4 is 0 Å². The normalized spacial score (nSPS) is 11.6. The Bertz CT molecular complexity index is 3150. The average Bonchev–Trinajstić information content (AvgIpc) is 3.86. The number of benzene rings is 8. The fraction of sp³-hybridized carbons (Fsp3) is 0. The molecule has 0 aliphatic rings. The van der Waals surface area contributed by atoms with Crippen molar-refractivity contribution >= 4 is 54.1 Å². The Morgan fingerprint density at radius 1 is 0.357 bits per heavy atom. The van der Waals surface area contributed by atoms with Crippen LogP contribution in [0.2, 0.25) is 0 Å². The first-order valence-corrected chi connectivity index (χ1v) is 19.5. The van der Waals surface area contributed by atoms with E-state index in [1.165, 1.54) is 31.8 Å². The Labute approximate surface area is 326 Å². The van der Waals surface area contributed by atoms with Crippen molar-refractivity contribution in [3.8, 4) is 61.5 Å². The molecule has 0 spiro atoms. The molecule has 262 valence electrons. The van der Waals surface area contributed by atoms with Crippen molar-refractivity contribution < 1.29 is 0 Å². The molecule has 6 heteroatoms. The summed E-state index contributed by atoms with van der Waals surface area (Å²) in [6.45, 7) is 0. The van der Waals surface area contributed by atoms with E-state index in [4.69, 9.17) is 19.9 Å². The van der Waals surface area contributed by atoms with Gasteiger partial charge in [-0.3, -0.25) is 0 Å². The summed E-state index contributed by atoms with van der Waals surface area (Å²) in [5, 5.41) is 5.83. The lowest BCUT2D eigenvalue weighted by Crippen LogP contribution is -2.00. The maximum Gasteiger partial charge on any atom is 0.164 e. The number of hydrogen-bond acceptors (Lipinski definition) is 5. The number of para-hydroxylation sites is 2. The Morgan fingerprint density at radius 3 is 1.61 bits per heavy atom. The zero-order chi connectivity index (χ0) is 37.0. The van der Waals surface area contributed by atoms with Crippen LogP contribution in [0.1, 0.15) is 0 Å². The van der Waals surface area contributed by atoms with Gasteiger partial charge in [-0.15, -0.1) is 11.3 Å². The van der Waals surface area contributed by atoms with E-state index in [1.807, 2.05) is 60.7 Å². The molecule has 0 radical (unpaired) electrons.